The predicted molar refractivity (Wildman–Crippen MR) is 63.5 cm³/mol. The summed E-state index contributed by atoms with van der Waals surface area (Å²) in [5, 5.41) is 8.85. The molecule has 17 heavy (non-hydrogen) atoms. The molecule has 0 saturated carbocycles. The van der Waals surface area contributed by atoms with Crippen LogP contribution in [0.15, 0.2) is 42.5 Å². The van der Waals surface area contributed by atoms with Crippen LogP contribution < -0.4 is 0 Å². The van der Waals surface area contributed by atoms with Crippen LogP contribution in [0.5, 0.6) is 0 Å². The maximum atomic E-state index is 14.0. The summed E-state index contributed by atoms with van der Waals surface area (Å²) < 4.78 is 14.0. The van der Waals surface area contributed by atoms with Crippen molar-refractivity contribution in [2.24, 2.45) is 0 Å². The van der Waals surface area contributed by atoms with Gasteiger partial charge in [0.15, 0.2) is 0 Å². The van der Waals surface area contributed by atoms with Gasteiger partial charge in [-0.05, 0) is 18.6 Å². The number of carboxylic acid groups (broad SMARTS) is 1. The van der Waals surface area contributed by atoms with Gasteiger partial charge < -0.3 is 5.11 Å². The minimum Gasteiger partial charge on any atom is -0.478 e. The van der Waals surface area contributed by atoms with Crippen molar-refractivity contribution < 1.29 is 14.3 Å². The Morgan fingerprint density at radius 1 is 1.18 bits per heavy atom. The van der Waals surface area contributed by atoms with Crippen molar-refractivity contribution in [1.29, 1.82) is 0 Å². The van der Waals surface area contributed by atoms with Crippen LogP contribution in [0.2, 0.25) is 0 Å². The minimum absolute atomic E-state index is 0.302. The third-order valence-electron chi connectivity index (χ3n) is 2.56. The lowest BCUT2D eigenvalue weighted by Crippen LogP contribution is -2.01. The van der Waals surface area contributed by atoms with Gasteiger partial charge >= 0.3 is 5.97 Å². The molecule has 2 rings (SSSR count). The number of carboxylic acids is 1. The standard InChI is InChI=1S/C14H11FO2/c1-9-4-2-5-10(8-9)11-6-3-7-12(13(11)15)14(16)17/h2-8H,1H3,(H,16,17). The van der Waals surface area contributed by atoms with Crippen molar-refractivity contribution in [2.45, 2.75) is 6.92 Å². The highest BCUT2D eigenvalue weighted by Crippen LogP contribution is 2.25. The van der Waals surface area contributed by atoms with E-state index in [1.807, 2.05) is 25.1 Å². The van der Waals surface area contributed by atoms with Gasteiger partial charge in [-0.1, -0.05) is 42.0 Å². The van der Waals surface area contributed by atoms with Crippen molar-refractivity contribution in [1.82, 2.24) is 0 Å². The molecular weight excluding hydrogens is 219 g/mol. The Labute approximate surface area is 98.3 Å². The second-order valence-electron chi connectivity index (χ2n) is 3.84. The average Bonchev–Trinajstić information content (AvgIpc) is 2.29. The molecule has 86 valence electrons. The molecule has 0 unspecified atom stereocenters. The molecule has 0 aliphatic rings. The Kier molecular flexibility index (Phi) is 2.91. The molecule has 0 fully saturated rings. The summed E-state index contributed by atoms with van der Waals surface area (Å²) >= 11 is 0. The Bertz CT molecular complexity index is 576. The smallest absolute Gasteiger partial charge is 0.338 e. The van der Waals surface area contributed by atoms with Crippen LogP contribution in [0.1, 0.15) is 15.9 Å². The van der Waals surface area contributed by atoms with Gasteiger partial charge in [0, 0.05) is 5.56 Å². The lowest BCUT2D eigenvalue weighted by Gasteiger charge is -2.06. The van der Waals surface area contributed by atoms with Crippen molar-refractivity contribution in [3.8, 4) is 11.1 Å². The van der Waals surface area contributed by atoms with Crippen molar-refractivity contribution in [3.05, 3.63) is 59.4 Å². The highest BCUT2D eigenvalue weighted by atomic mass is 19.1. The normalized spacial score (nSPS) is 10.2. The fourth-order valence-electron chi connectivity index (χ4n) is 1.73. The lowest BCUT2D eigenvalue weighted by atomic mass is 10.0. The Hall–Kier alpha value is -2.16. The molecule has 0 aliphatic carbocycles. The first-order chi connectivity index (χ1) is 8.09. The summed E-state index contributed by atoms with van der Waals surface area (Å²) in [7, 11) is 0. The van der Waals surface area contributed by atoms with E-state index in [2.05, 4.69) is 0 Å². The van der Waals surface area contributed by atoms with Crippen LogP contribution in [0.25, 0.3) is 11.1 Å². The van der Waals surface area contributed by atoms with Gasteiger partial charge in [0.2, 0.25) is 0 Å². The number of aryl methyl sites for hydroxylation is 1. The second-order valence-corrected chi connectivity index (χ2v) is 3.84. The van der Waals surface area contributed by atoms with E-state index in [1.54, 1.807) is 18.2 Å². The Morgan fingerprint density at radius 2 is 1.88 bits per heavy atom. The fourth-order valence-corrected chi connectivity index (χ4v) is 1.73. The zero-order valence-electron chi connectivity index (χ0n) is 9.27. The molecule has 0 saturated heterocycles. The minimum atomic E-state index is -1.25. The third kappa shape index (κ3) is 2.18. The van der Waals surface area contributed by atoms with Crippen LogP contribution in [0.3, 0.4) is 0 Å². The predicted octanol–water partition coefficient (Wildman–Crippen LogP) is 3.50. The zero-order valence-corrected chi connectivity index (χ0v) is 9.27. The molecule has 2 aromatic carbocycles. The summed E-state index contributed by atoms with van der Waals surface area (Å²) in [5.41, 5.74) is 1.70. The SMILES string of the molecule is Cc1cccc(-c2cccc(C(=O)O)c2F)c1. The van der Waals surface area contributed by atoms with Gasteiger partial charge in [0.25, 0.3) is 0 Å². The van der Waals surface area contributed by atoms with E-state index < -0.39 is 11.8 Å². The average molecular weight is 230 g/mol. The molecule has 3 heteroatoms. The molecule has 0 aromatic heterocycles. The van der Waals surface area contributed by atoms with E-state index in [1.165, 1.54) is 6.07 Å². The molecule has 0 atom stereocenters. The molecule has 0 heterocycles. The summed E-state index contributed by atoms with van der Waals surface area (Å²) in [5.74, 6) is -1.94. The molecule has 0 aliphatic heterocycles. The van der Waals surface area contributed by atoms with Crippen LogP contribution in [0, 0.1) is 12.7 Å². The highest BCUT2D eigenvalue weighted by Gasteiger charge is 2.14. The van der Waals surface area contributed by atoms with E-state index in [0.29, 0.717) is 11.1 Å². The summed E-state index contributed by atoms with van der Waals surface area (Å²) in [6, 6.07) is 11.7. The number of benzene rings is 2. The monoisotopic (exact) mass is 230 g/mol. The Morgan fingerprint density at radius 3 is 2.53 bits per heavy atom. The van der Waals surface area contributed by atoms with E-state index in [4.69, 9.17) is 5.11 Å². The number of hydrogen-bond donors (Lipinski definition) is 1. The van der Waals surface area contributed by atoms with Gasteiger partial charge in [0.05, 0.1) is 5.56 Å². The number of aromatic carboxylic acids is 1. The lowest BCUT2D eigenvalue weighted by molar-refractivity contribution is 0.0692. The van der Waals surface area contributed by atoms with Crippen LogP contribution >= 0.6 is 0 Å². The largest absolute Gasteiger partial charge is 0.478 e. The molecule has 0 radical (unpaired) electrons. The maximum Gasteiger partial charge on any atom is 0.338 e. The van der Waals surface area contributed by atoms with Crippen molar-refractivity contribution >= 4 is 5.97 Å². The van der Waals surface area contributed by atoms with E-state index in [0.717, 1.165) is 5.56 Å². The molecule has 2 nitrogen and oxygen atoms in total. The number of halogens is 1. The molecule has 1 N–H and O–H groups in total. The fraction of sp³-hybridized carbons (Fsp3) is 0.0714. The van der Waals surface area contributed by atoms with E-state index >= 15 is 0 Å². The van der Waals surface area contributed by atoms with Gasteiger partial charge in [0.1, 0.15) is 5.82 Å². The van der Waals surface area contributed by atoms with Crippen LogP contribution in [-0.4, -0.2) is 11.1 Å². The first kappa shape index (κ1) is 11.3. The van der Waals surface area contributed by atoms with Crippen molar-refractivity contribution in [3.63, 3.8) is 0 Å². The molecule has 2 aromatic rings. The summed E-state index contributed by atoms with van der Waals surface area (Å²) in [4.78, 5) is 10.8. The summed E-state index contributed by atoms with van der Waals surface area (Å²) in [6.07, 6.45) is 0. The topological polar surface area (TPSA) is 37.3 Å². The van der Waals surface area contributed by atoms with Gasteiger partial charge in [-0.3, -0.25) is 0 Å². The molecule has 0 spiro atoms. The highest BCUT2D eigenvalue weighted by molar-refractivity contribution is 5.90. The molecule has 0 amide bonds. The first-order valence-corrected chi connectivity index (χ1v) is 5.18. The Balaban J connectivity index is 2.60. The van der Waals surface area contributed by atoms with Crippen LogP contribution in [0.4, 0.5) is 4.39 Å². The summed E-state index contributed by atoms with van der Waals surface area (Å²) in [6.45, 7) is 1.91. The van der Waals surface area contributed by atoms with E-state index in [9.17, 15) is 9.18 Å². The molecular formula is C14H11FO2. The molecule has 0 bridgehead atoms. The second kappa shape index (κ2) is 4.37. The number of rotatable bonds is 2. The quantitative estimate of drug-likeness (QED) is 0.857. The van der Waals surface area contributed by atoms with Gasteiger partial charge in [-0.25, -0.2) is 9.18 Å². The van der Waals surface area contributed by atoms with Crippen LogP contribution in [-0.2, 0) is 0 Å². The first-order valence-electron chi connectivity index (χ1n) is 5.18. The maximum absolute atomic E-state index is 14.0. The number of hydrogen-bond acceptors (Lipinski definition) is 1. The van der Waals surface area contributed by atoms with E-state index in [-0.39, 0.29) is 5.56 Å². The zero-order chi connectivity index (χ0) is 12.4. The van der Waals surface area contributed by atoms with Crippen molar-refractivity contribution in [2.75, 3.05) is 0 Å². The third-order valence-corrected chi connectivity index (χ3v) is 2.56. The van der Waals surface area contributed by atoms with Gasteiger partial charge in [-0.15, -0.1) is 0 Å². The number of carbonyl (C=O) groups is 1. The van der Waals surface area contributed by atoms with Gasteiger partial charge in [-0.2, -0.15) is 0 Å².